The van der Waals surface area contributed by atoms with Crippen LogP contribution >= 0.6 is 11.6 Å². The summed E-state index contributed by atoms with van der Waals surface area (Å²) in [6, 6.07) is 7.22. The second kappa shape index (κ2) is 8.02. The highest BCUT2D eigenvalue weighted by atomic mass is 35.5. The third-order valence-corrected chi connectivity index (χ3v) is 3.58. The molecule has 0 heterocycles. The largest absolute Gasteiger partial charge is 0.465 e. The van der Waals surface area contributed by atoms with Gasteiger partial charge in [0.15, 0.2) is 5.57 Å². The average molecular weight is 352 g/mol. The van der Waals surface area contributed by atoms with Gasteiger partial charge < -0.3 is 15.2 Å². The van der Waals surface area contributed by atoms with Gasteiger partial charge in [0, 0.05) is 5.02 Å². The van der Waals surface area contributed by atoms with Gasteiger partial charge in [0.05, 0.1) is 19.9 Å². The molecule has 0 unspecified atom stereocenters. The normalized spacial score (nSPS) is 11.7. The first-order valence-corrected chi connectivity index (χ1v) is 7.64. The van der Waals surface area contributed by atoms with Crippen LogP contribution < -0.4 is 5.73 Å². The lowest BCUT2D eigenvalue weighted by atomic mass is 9.81. The van der Waals surface area contributed by atoms with Gasteiger partial charge in [-0.15, -0.1) is 0 Å². The molecule has 0 amide bonds. The first-order valence-electron chi connectivity index (χ1n) is 7.26. The zero-order valence-corrected chi connectivity index (χ0v) is 15.2. The maximum absolute atomic E-state index is 11.9. The molecule has 0 aliphatic rings. The van der Waals surface area contributed by atoms with Crippen LogP contribution in [0.2, 0.25) is 5.02 Å². The summed E-state index contributed by atoms with van der Waals surface area (Å²) in [7, 11) is 2.35. The van der Waals surface area contributed by atoms with E-state index < -0.39 is 11.9 Å². The minimum atomic E-state index is -0.847. The van der Waals surface area contributed by atoms with E-state index in [4.69, 9.17) is 17.3 Å². The van der Waals surface area contributed by atoms with Crippen molar-refractivity contribution >= 4 is 29.1 Å². The fourth-order valence-electron chi connectivity index (χ4n) is 2.11. The van der Waals surface area contributed by atoms with Gasteiger partial charge in [-0.25, -0.2) is 9.59 Å². The molecule has 6 heteroatoms. The highest BCUT2D eigenvalue weighted by Crippen LogP contribution is 2.35. The van der Waals surface area contributed by atoms with Crippen molar-refractivity contribution in [3.8, 4) is 0 Å². The van der Waals surface area contributed by atoms with Crippen LogP contribution in [0.15, 0.2) is 41.6 Å². The van der Waals surface area contributed by atoms with Gasteiger partial charge in [-0.05, 0) is 34.8 Å². The van der Waals surface area contributed by atoms with Gasteiger partial charge in [0.25, 0.3) is 0 Å². The molecule has 0 bridgehead atoms. The van der Waals surface area contributed by atoms with E-state index in [-0.39, 0.29) is 16.7 Å². The standard InChI is InChI=1S/C18H22ClNO4/c1-18(2,3)13(11-6-8-12(19)9-7-11)10-14(20)15(16(21)23-4)17(22)24-5/h6-10H,20H2,1-5H3/b13-10+. The van der Waals surface area contributed by atoms with E-state index in [9.17, 15) is 9.59 Å². The van der Waals surface area contributed by atoms with E-state index in [1.165, 1.54) is 14.2 Å². The van der Waals surface area contributed by atoms with Crippen LogP contribution in [0.5, 0.6) is 0 Å². The number of methoxy groups -OCH3 is 2. The third-order valence-electron chi connectivity index (χ3n) is 3.33. The molecule has 5 nitrogen and oxygen atoms in total. The lowest BCUT2D eigenvalue weighted by molar-refractivity contribution is -0.144. The van der Waals surface area contributed by atoms with E-state index in [1.807, 2.05) is 32.9 Å². The Bertz CT molecular complexity index is 664. The monoisotopic (exact) mass is 351 g/mol. The Morgan fingerprint density at radius 3 is 1.88 bits per heavy atom. The van der Waals surface area contributed by atoms with Crippen molar-refractivity contribution in [1.29, 1.82) is 0 Å². The molecule has 0 atom stereocenters. The molecule has 24 heavy (non-hydrogen) atoms. The number of carbonyl (C=O) groups excluding carboxylic acids is 2. The number of hydrogen-bond acceptors (Lipinski definition) is 5. The number of carbonyl (C=O) groups is 2. The number of benzene rings is 1. The zero-order valence-electron chi connectivity index (χ0n) is 14.5. The van der Waals surface area contributed by atoms with Crippen LogP contribution in [0.25, 0.3) is 5.57 Å². The third kappa shape index (κ3) is 4.86. The molecule has 2 N–H and O–H groups in total. The number of ether oxygens (including phenoxy) is 2. The molecule has 0 fully saturated rings. The molecule has 1 aromatic rings. The first kappa shape index (κ1) is 19.8. The number of rotatable bonds is 4. The summed E-state index contributed by atoms with van der Waals surface area (Å²) >= 11 is 5.93. The topological polar surface area (TPSA) is 78.6 Å². The quantitative estimate of drug-likeness (QED) is 0.296. The Kier molecular flexibility index (Phi) is 6.60. The average Bonchev–Trinajstić information content (AvgIpc) is 2.52. The summed E-state index contributed by atoms with van der Waals surface area (Å²) in [6.45, 7) is 5.99. The molecule has 0 radical (unpaired) electrons. The Morgan fingerprint density at radius 2 is 1.50 bits per heavy atom. The predicted molar refractivity (Wildman–Crippen MR) is 94.1 cm³/mol. The summed E-state index contributed by atoms with van der Waals surface area (Å²) in [5, 5.41) is 0.611. The molecule has 0 saturated heterocycles. The van der Waals surface area contributed by atoms with E-state index in [1.54, 1.807) is 18.2 Å². The fourth-order valence-corrected chi connectivity index (χ4v) is 2.24. The molecule has 0 aliphatic heterocycles. The van der Waals surface area contributed by atoms with Crippen LogP contribution in [0.4, 0.5) is 0 Å². The van der Waals surface area contributed by atoms with E-state index in [0.717, 1.165) is 11.1 Å². The highest BCUT2D eigenvalue weighted by molar-refractivity contribution is 6.30. The molecular formula is C18H22ClNO4. The van der Waals surface area contributed by atoms with Crippen LogP contribution in [-0.2, 0) is 19.1 Å². The SMILES string of the molecule is COC(=O)C(C(=O)OC)=C(N)/C=C(\c1ccc(Cl)cc1)C(C)(C)C. The summed E-state index contributed by atoms with van der Waals surface area (Å²) in [4.78, 5) is 23.7. The number of allylic oxidation sites excluding steroid dienone is 2. The van der Waals surface area contributed by atoms with Gasteiger partial charge in [0.1, 0.15) is 0 Å². The minimum absolute atomic E-state index is 0.0198. The summed E-state index contributed by atoms with van der Waals surface area (Å²) in [5.74, 6) is -1.69. The molecule has 130 valence electrons. The van der Waals surface area contributed by atoms with E-state index >= 15 is 0 Å². The van der Waals surface area contributed by atoms with Crippen molar-refractivity contribution in [3.63, 3.8) is 0 Å². The maximum atomic E-state index is 11.9. The van der Waals surface area contributed by atoms with Crippen molar-refractivity contribution in [3.05, 3.63) is 52.2 Å². The molecular weight excluding hydrogens is 330 g/mol. The van der Waals surface area contributed by atoms with E-state index in [0.29, 0.717) is 5.02 Å². The van der Waals surface area contributed by atoms with Gasteiger partial charge in [-0.3, -0.25) is 0 Å². The molecule has 0 spiro atoms. The van der Waals surface area contributed by atoms with Crippen molar-refractivity contribution < 1.29 is 19.1 Å². The Balaban J connectivity index is 3.55. The van der Waals surface area contributed by atoms with Crippen molar-refractivity contribution in [2.24, 2.45) is 11.1 Å². The number of esters is 2. The Morgan fingerprint density at radius 1 is 1.04 bits per heavy atom. The fraction of sp³-hybridized carbons (Fsp3) is 0.333. The Hall–Kier alpha value is -2.27. The summed E-state index contributed by atoms with van der Waals surface area (Å²) in [6.07, 6.45) is 1.59. The van der Waals surface area contributed by atoms with Gasteiger partial charge >= 0.3 is 11.9 Å². The molecule has 0 saturated carbocycles. The maximum Gasteiger partial charge on any atom is 0.347 e. The van der Waals surface area contributed by atoms with Crippen LogP contribution in [-0.4, -0.2) is 26.2 Å². The molecule has 0 aromatic heterocycles. The molecule has 1 rings (SSSR count). The lowest BCUT2D eigenvalue weighted by Gasteiger charge is -2.24. The first-order chi connectivity index (χ1) is 11.1. The van der Waals surface area contributed by atoms with E-state index in [2.05, 4.69) is 9.47 Å². The minimum Gasteiger partial charge on any atom is -0.465 e. The summed E-state index contributed by atoms with van der Waals surface area (Å²) < 4.78 is 9.24. The highest BCUT2D eigenvalue weighted by Gasteiger charge is 2.25. The zero-order chi connectivity index (χ0) is 18.5. The molecule has 0 aliphatic carbocycles. The van der Waals surface area contributed by atoms with Crippen molar-refractivity contribution in [1.82, 2.24) is 0 Å². The summed E-state index contributed by atoms with van der Waals surface area (Å²) in [5.41, 5.74) is 7.07. The smallest absolute Gasteiger partial charge is 0.347 e. The van der Waals surface area contributed by atoms with Gasteiger partial charge in [0.2, 0.25) is 0 Å². The lowest BCUT2D eigenvalue weighted by Crippen LogP contribution is -2.21. The van der Waals surface area contributed by atoms with Crippen LogP contribution in [0, 0.1) is 5.41 Å². The Labute approximate surface area is 147 Å². The van der Waals surface area contributed by atoms with Gasteiger partial charge in [-0.1, -0.05) is 44.5 Å². The second-order valence-corrected chi connectivity index (χ2v) is 6.56. The number of nitrogens with two attached hydrogens (primary N) is 1. The van der Waals surface area contributed by atoms with Crippen LogP contribution in [0.1, 0.15) is 26.3 Å². The van der Waals surface area contributed by atoms with Crippen LogP contribution in [0.3, 0.4) is 0 Å². The predicted octanol–water partition coefficient (Wildman–Crippen LogP) is 3.33. The van der Waals surface area contributed by atoms with Crippen molar-refractivity contribution in [2.45, 2.75) is 20.8 Å². The van der Waals surface area contributed by atoms with Crippen molar-refractivity contribution in [2.75, 3.05) is 14.2 Å². The second-order valence-electron chi connectivity index (χ2n) is 6.13. The number of halogens is 1. The molecule has 1 aromatic carbocycles. The number of hydrogen-bond donors (Lipinski definition) is 1. The van der Waals surface area contributed by atoms with Gasteiger partial charge in [-0.2, -0.15) is 0 Å².